The number of rotatable bonds is 8. The number of methoxy groups -OCH3 is 1. The first kappa shape index (κ1) is 25.0. The van der Waals surface area contributed by atoms with E-state index in [2.05, 4.69) is 15.2 Å². The monoisotopic (exact) mass is 470 g/mol. The van der Waals surface area contributed by atoms with Crippen LogP contribution in [0.2, 0.25) is 0 Å². The highest BCUT2D eigenvalue weighted by Crippen LogP contribution is 2.22. The van der Waals surface area contributed by atoms with Gasteiger partial charge in [-0.2, -0.15) is 0 Å². The number of nitrogens with zero attached hydrogens (tertiary/aromatic N) is 2. The van der Waals surface area contributed by atoms with E-state index in [1.165, 1.54) is 26.0 Å². The van der Waals surface area contributed by atoms with Gasteiger partial charge in [0.15, 0.2) is 5.78 Å². The van der Waals surface area contributed by atoms with Crippen molar-refractivity contribution in [3.8, 4) is 0 Å². The van der Waals surface area contributed by atoms with Crippen LogP contribution in [0.15, 0.2) is 24.3 Å². The average Bonchev–Trinajstić information content (AvgIpc) is 3.15. The molecule has 0 unspecified atom stereocenters. The summed E-state index contributed by atoms with van der Waals surface area (Å²) in [6.07, 6.45) is -0.184. The molecule has 10 nitrogen and oxygen atoms in total. The van der Waals surface area contributed by atoms with E-state index in [9.17, 15) is 19.2 Å². The van der Waals surface area contributed by atoms with Gasteiger partial charge in [-0.05, 0) is 36.8 Å². The van der Waals surface area contributed by atoms with Gasteiger partial charge in [0.2, 0.25) is 11.8 Å². The molecule has 1 fully saturated rings. The molecule has 1 aliphatic rings. The summed E-state index contributed by atoms with van der Waals surface area (Å²) in [5.41, 5.74) is 2.82. The summed E-state index contributed by atoms with van der Waals surface area (Å²) in [7, 11) is 2.74. The molecule has 1 aromatic carbocycles. The smallest absolute Gasteiger partial charge is 0.339 e. The first-order chi connectivity index (χ1) is 16.2. The highest BCUT2D eigenvalue weighted by Gasteiger charge is 2.25. The molecule has 182 valence electrons. The van der Waals surface area contributed by atoms with Crippen molar-refractivity contribution < 1.29 is 28.7 Å². The fourth-order valence-corrected chi connectivity index (χ4v) is 3.89. The molecule has 3 rings (SSSR count). The summed E-state index contributed by atoms with van der Waals surface area (Å²) >= 11 is 0. The summed E-state index contributed by atoms with van der Waals surface area (Å²) in [6.45, 7) is 5.85. The number of esters is 1. The molecule has 0 aliphatic carbocycles. The zero-order valence-electron chi connectivity index (χ0n) is 19.9. The van der Waals surface area contributed by atoms with Gasteiger partial charge in [0.05, 0.1) is 44.5 Å². The fraction of sp³-hybridized carbons (Fsp3) is 0.417. The van der Waals surface area contributed by atoms with Gasteiger partial charge in [-0.15, -0.1) is 0 Å². The van der Waals surface area contributed by atoms with Crippen molar-refractivity contribution in [1.29, 1.82) is 0 Å². The van der Waals surface area contributed by atoms with Crippen LogP contribution in [0, 0.1) is 6.92 Å². The second kappa shape index (κ2) is 11.0. The Bertz CT molecular complexity index is 1070. The minimum Gasteiger partial charge on any atom is -0.465 e. The van der Waals surface area contributed by atoms with Crippen LogP contribution in [0.3, 0.4) is 0 Å². The van der Waals surface area contributed by atoms with Gasteiger partial charge in [-0.3, -0.25) is 14.4 Å². The number of Topliss-reactive ketones (excluding diaryl/α,β-unsaturated/α-hetero) is 1. The van der Waals surface area contributed by atoms with Crippen molar-refractivity contribution in [3.63, 3.8) is 0 Å². The SMILES string of the molecule is COC(=O)c1c(CC(=O)N(C)CC(=O)Nc2ccc(N3CCOCC3)cc2)[nH]c(C(C)=O)c1C. The van der Waals surface area contributed by atoms with Gasteiger partial charge in [0.25, 0.3) is 0 Å². The van der Waals surface area contributed by atoms with Crippen LogP contribution in [0.5, 0.6) is 0 Å². The quantitative estimate of drug-likeness (QED) is 0.446. The molecule has 10 heteroatoms. The number of hydrogen-bond acceptors (Lipinski definition) is 7. The number of ketones is 1. The molecule has 0 bridgehead atoms. The first-order valence-electron chi connectivity index (χ1n) is 11.0. The number of aromatic amines is 1. The van der Waals surface area contributed by atoms with Crippen LogP contribution in [0.1, 0.15) is 39.0 Å². The molecular formula is C24H30N4O6. The maximum Gasteiger partial charge on any atom is 0.339 e. The van der Waals surface area contributed by atoms with E-state index in [4.69, 9.17) is 9.47 Å². The van der Waals surface area contributed by atoms with E-state index in [0.717, 1.165) is 18.8 Å². The van der Waals surface area contributed by atoms with Crippen molar-refractivity contribution in [2.45, 2.75) is 20.3 Å². The Morgan fingerprint density at radius 1 is 1.15 bits per heavy atom. The van der Waals surface area contributed by atoms with Crippen LogP contribution in [-0.2, 0) is 25.5 Å². The zero-order valence-corrected chi connectivity index (χ0v) is 19.9. The predicted molar refractivity (Wildman–Crippen MR) is 126 cm³/mol. The van der Waals surface area contributed by atoms with Crippen molar-refractivity contribution >= 4 is 34.9 Å². The van der Waals surface area contributed by atoms with E-state index in [0.29, 0.717) is 24.5 Å². The van der Waals surface area contributed by atoms with Crippen molar-refractivity contribution in [1.82, 2.24) is 9.88 Å². The lowest BCUT2D eigenvalue weighted by molar-refractivity contribution is -0.132. The number of anilines is 2. The molecular weight excluding hydrogens is 440 g/mol. The number of aromatic nitrogens is 1. The molecule has 0 saturated carbocycles. The van der Waals surface area contributed by atoms with Gasteiger partial charge in [-0.25, -0.2) is 4.79 Å². The third-order valence-electron chi connectivity index (χ3n) is 5.73. The highest BCUT2D eigenvalue weighted by molar-refractivity contribution is 6.01. The lowest BCUT2D eigenvalue weighted by Crippen LogP contribution is -2.36. The lowest BCUT2D eigenvalue weighted by atomic mass is 10.1. The van der Waals surface area contributed by atoms with Gasteiger partial charge in [0, 0.05) is 44.1 Å². The maximum absolute atomic E-state index is 12.7. The number of H-pyrrole nitrogens is 1. The van der Waals surface area contributed by atoms with Gasteiger partial charge < -0.3 is 29.6 Å². The normalized spacial score (nSPS) is 13.4. The number of nitrogens with one attached hydrogen (secondary N) is 2. The van der Waals surface area contributed by atoms with Crippen LogP contribution in [0.4, 0.5) is 11.4 Å². The summed E-state index contributed by atoms with van der Waals surface area (Å²) in [5.74, 6) is -1.63. The van der Waals surface area contributed by atoms with Crippen LogP contribution in [-0.4, -0.2) is 80.5 Å². The topological polar surface area (TPSA) is 121 Å². The average molecular weight is 471 g/mol. The number of hydrogen-bond donors (Lipinski definition) is 2. The Balaban J connectivity index is 1.60. The van der Waals surface area contributed by atoms with Crippen molar-refractivity contribution in [2.24, 2.45) is 0 Å². The number of morpholine rings is 1. The predicted octanol–water partition coefficient (Wildman–Crippen LogP) is 1.79. The summed E-state index contributed by atoms with van der Waals surface area (Å²) in [4.78, 5) is 55.6. The Kier molecular flexibility index (Phi) is 8.06. The minimum atomic E-state index is -0.634. The molecule has 0 spiro atoms. The number of benzene rings is 1. The maximum atomic E-state index is 12.7. The number of ether oxygens (including phenoxy) is 2. The number of carbonyl (C=O) groups excluding carboxylic acids is 4. The minimum absolute atomic E-state index is 0.166. The van der Waals surface area contributed by atoms with Gasteiger partial charge >= 0.3 is 5.97 Å². The zero-order chi connectivity index (χ0) is 24.8. The fourth-order valence-electron chi connectivity index (χ4n) is 3.89. The second-order valence-electron chi connectivity index (χ2n) is 8.15. The number of amides is 2. The molecule has 2 aromatic rings. The molecule has 1 saturated heterocycles. The van der Waals surface area contributed by atoms with Gasteiger partial charge in [0.1, 0.15) is 0 Å². The Labute approximate surface area is 198 Å². The van der Waals surface area contributed by atoms with Crippen LogP contribution < -0.4 is 10.2 Å². The molecule has 0 radical (unpaired) electrons. The molecule has 2 heterocycles. The largest absolute Gasteiger partial charge is 0.465 e. The van der Waals surface area contributed by atoms with E-state index in [1.54, 1.807) is 6.92 Å². The number of carbonyl (C=O) groups is 4. The summed E-state index contributed by atoms with van der Waals surface area (Å²) in [5, 5.41) is 2.79. The van der Waals surface area contributed by atoms with E-state index in [-0.39, 0.29) is 47.5 Å². The number of likely N-dealkylation sites (N-methyl/N-ethyl adjacent to an activating group) is 1. The van der Waals surface area contributed by atoms with E-state index < -0.39 is 5.97 Å². The second-order valence-corrected chi connectivity index (χ2v) is 8.15. The van der Waals surface area contributed by atoms with Gasteiger partial charge in [-0.1, -0.05) is 0 Å². The van der Waals surface area contributed by atoms with E-state index in [1.807, 2.05) is 24.3 Å². The van der Waals surface area contributed by atoms with Crippen LogP contribution >= 0.6 is 0 Å². The molecule has 0 atom stereocenters. The molecule has 34 heavy (non-hydrogen) atoms. The van der Waals surface area contributed by atoms with Crippen molar-refractivity contribution in [2.75, 3.05) is 57.2 Å². The summed E-state index contributed by atoms with van der Waals surface area (Å²) in [6, 6.07) is 7.50. The van der Waals surface area contributed by atoms with Crippen LogP contribution in [0.25, 0.3) is 0 Å². The highest BCUT2D eigenvalue weighted by atomic mass is 16.5. The van der Waals surface area contributed by atoms with E-state index >= 15 is 0 Å². The van der Waals surface area contributed by atoms with Crippen molar-refractivity contribution in [3.05, 3.63) is 46.8 Å². The Hall–Kier alpha value is -3.66. The molecule has 2 amide bonds. The summed E-state index contributed by atoms with van der Waals surface area (Å²) < 4.78 is 10.2. The standard InChI is InChI=1S/C24H30N4O6/c1-15-22(24(32)33-4)19(26-23(15)16(2)29)13-21(31)27(3)14-20(30)25-17-5-7-18(8-6-17)28-9-11-34-12-10-28/h5-8,26H,9-14H2,1-4H3,(H,25,30). The lowest BCUT2D eigenvalue weighted by Gasteiger charge is -2.28. The molecule has 1 aliphatic heterocycles. The third-order valence-corrected chi connectivity index (χ3v) is 5.73. The first-order valence-corrected chi connectivity index (χ1v) is 11.0. The Morgan fingerprint density at radius 3 is 2.38 bits per heavy atom. The third kappa shape index (κ3) is 5.82. The Morgan fingerprint density at radius 2 is 1.79 bits per heavy atom. The molecule has 2 N–H and O–H groups in total. The molecule has 1 aromatic heterocycles.